The number of carbonyl (C=O) groups is 3. The second kappa shape index (κ2) is 4.83. The Kier molecular flexibility index (Phi) is 3.40. The van der Waals surface area contributed by atoms with Crippen LogP contribution in [0, 0.1) is 5.41 Å². The number of nitrogens with zero attached hydrogens (tertiary/aromatic N) is 1. The van der Waals surface area contributed by atoms with Crippen molar-refractivity contribution >= 4 is 17.9 Å². The van der Waals surface area contributed by atoms with E-state index in [9.17, 15) is 14.4 Å². The molecule has 7 heteroatoms. The van der Waals surface area contributed by atoms with Gasteiger partial charge in [-0.2, -0.15) is 0 Å². The maximum absolute atomic E-state index is 11.8. The molecule has 1 aliphatic carbocycles. The van der Waals surface area contributed by atoms with E-state index in [1.165, 1.54) is 4.90 Å². The van der Waals surface area contributed by atoms with E-state index < -0.39 is 11.4 Å². The molecule has 2 aliphatic rings. The summed E-state index contributed by atoms with van der Waals surface area (Å²) < 4.78 is 0. The number of rotatable bonds is 3. The van der Waals surface area contributed by atoms with Gasteiger partial charge in [0.25, 0.3) is 0 Å². The first-order valence-electron chi connectivity index (χ1n) is 6.06. The minimum atomic E-state index is -0.851. The van der Waals surface area contributed by atoms with Crippen LogP contribution in [0.5, 0.6) is 0 Å². The molecule has 100 valence electrons. The molecule has 0 aromatic rings. The van der Waals surface area contributed by atoms with Gasteiger partial charge < -0.3 is 20.6 Å². The van der Waals surface area contributed by atoms with Gasteiger partial charge in [-0.15, -0.1) is 0 Å². The first-order valence-corrected chi connectivity index (χ1v) is 6.06. The summed E-state index contributed by atoms with van der Waals surface area (Å²) in [5.41, 5.74) is -0.754. The molecule has 0 spiro atoms. The SMILES string of the molecule is O=C1CCN(C(=O)NCC2(C(=O)O)CC2)CCN1. The van der Waals surface area contributed by atoms with Gasteiger partial charge in [-0.25, -0.2) is 4.79 Å². The van der Waals surface area contributed by atoms with Crippen molar-refractivity contribution in [2.24, 2.45) is 5.41 Å². The van der Waals surface area contributed by atoms with E-state index in [1.54, 1.807) is 0 Å². The van der Waals surface area contributed by atoms with Crippen LogP contribution in [0.2, 0.25) is 0 Å². The molecule has 0 unspecified atom stereocenters. The molecule has 3 amide bonds. The predicted octanol–water partition coefficient (Wildman–Crippen LogP) is -0.617. The number of urea groups is 1. The average Bonchev–Trinajstić information content (AvgIpc) is 3.11. The number of carboxylic acid groups (broad SMARTS) is 1. The van der Waals surface area contributed by atoms with E-state index in [-0.39, 0.29) is 24.9 Å². The summed E-state index contributed by atoms with van der Waals surface area (Å²) in [7, 11) is 0. The Bertz CT molecular complexity index is 378. The van der Waals surface area contributed by atoms with Crippen molar-refractivity contribution in [3.05, 3.63) is 0 Å². The lowest BCUT2D eigenvalue weighted by Gasteiger charge is -2.21. The molecule has 18 heavy (non-hydrogen) atoms. The predicted molar refractivity (Wildman–Crippen MR) is 61.9 cm³/mol. The third-order valence-corrected chi connectivity index (χ3v) is 3.49. The molecular weight excluding hydrogens is 238 g/mol. The van der Waals surface area contributed by atoms with Crippen molar-refractivity contribution in [1.82, 2.24) is 15.5 Å². The topological polar surface area (TPSA) is 98.7 Å². The molecule has 0 atom stereocenters. The van der Waals surface area contributed by atoms with E-state index in [1.807, 2.05) is 0 Å². The number of nitrogens with one attached hydrogen (secondary N) is 2. The number of amides is 3. The van der Waals surface area contributed by atoms with Gasteiger partial charge in [0.1, 0.15) is 0 Å². The maximum Gasteiger partial charge on any atom is 0.317 e. The van der Waals surface area contributed by atoms with Crippen LogP contribution in [-0.2, 0) is 9.59 Å². The van der Waals surface area contributed by atoms with Crippen LogP contribution < -0.4 is 10.6 Å². The van der Waals surface area contributed by atoms with Crippen LogP contribution in [0.1, 0.15) is 19.3 Å². The molecule has 2 rings (SSSR count). The third kappa shape index (κ3) is 2.72. The van der Waals surface area contributed by atoms with Gasteiger partial charge in [-0.1, -0.05) is 0 Å². The monoisotopic (exact) mass is 255 g/mol. The largest absolute Gasteiger partial charge is 0.481 e. The van der Waals surface area contributed by atoms with Gasteiger partial charge in [0, 0.05) is 32.6 Å². The van der Waals surface area contributed by atoms with Gasteiger partial charge in [0.15, 0.2) is 0 Å². The van der Waals surface area contributed by atoms with Crippen molar-refractivity contribution in [3.8, 4) is 0 Å². The normalized spacial score (nSPS) is 21.8. The highest BCUT2D eigenvalue weighted by Crippen LogP contribution is 2.45. The number of hydrogen-bond donors (Lipinski definition) is 3. The highest BCUT2D eigenvalue weighted by atomic mass is 16.4. The molecule has 3 N–H and O–H groups in total. The van der Waals surface area contributed by atoms with Crippen LogP contribution in [-0.4, -0.2) is 54.1 Å². The molecule has 1 aliphatic heterocycles. The lowest BCUT2D eigenvalue weighted by molar-refractivity contribution is -0.143. The van der Waals surface area contributed by atoms with E-state index >= 15 is 0 Å². The number of hydrogen-bond acceptors (Lipinski definition) is 3. The van der Waals surface area contributed by atoms with Gasteiger partial charge in [0.2, 0.25) is 5.91 Å². The number of aliphatic carboxylic acids is 1. The lowest BCUT2D eigenvalue weighted by atomic mass is 10.1. The molecule has 0 aromatic heterocycles. The van der Waals surface area contributed by atoms with Crippen LogP contribution in [0.15, 0.2) is 0 Å². The van der Waals surface area contributed by atoms with Crippen molar-refractivity contribution in [1.29, 1.82) is 0 Å². The molecule has 1 heterocycles. The molecule has 0 bridgehead atoms. The van der Waals surface area contributed by atoms with Crippen LogP contribution in [0.25, 0.3) is 0 Å². The van der Waals surface area contributed by atoms with Crippen molar-refractivity contribution < 1.29 is 19.5 Å². The number of carboxylic acids is 1. The Labute approximate surface area is 105 Å². The highest BCUT2D eigenvalue weighted by Gasteiger charge is 2.50. The fourth-order valence-corrected chi connectivity index (χ4v) is 1.94. The van der Waals surface area contributed by atoms with Crippen LogP contribution >= 0.6 is 0 Å². The number of carbonyl (C=O) groups excluding carboxylic acids is 2. The van der Waals surface area contributed by atoms with Crippen molar-refractivity contribution in [2.75, 3.05) is 26.2 Å². The summed E-state index contributed by atoms with van der Waals surface area (Å²) in [5, 5.41) is 14.3. The van der Waals surface area contributed by atoms with Gasteiger partial charge in [-0.05, 0) is 12.8 Å². The van der Waals surface area contributed by atoms with Crippen molar-refractivity contribution in [3.63, 3.8) is 0 Å². The molecule has 1 saturated heterocycles. The summed E-state index contributed by atoms with van der Waals surface area (Å²) in [5.74, 6) is -0.912. The first kappa shape index (κ1) is 12.7. The van der Waals surface area contributed by atoms with E-state index in [0.717, 1.165) is 0 Å². The second-order valence-corrected chi connectivity index (χ2v) is 4.83. The van der Waals surface area contributed by atoms with Crippen molar-refractivity contribution in [2.45, 2.75) is 19.3 Å². The van der Waals surface area contributed by atoms with Gasteiger partial charge in [0.05, 0.1) is 5.41 Å². The molecule has 2 fully saturated rings. The fraction of sp³-hybridized carbons (Fsp3) is 0.727. The molecule has 0 radical (unpaired) electrons. The minimum absolute atomic E-state index is 0.0606. The Morgan fingerprint density at radius 2 is 2.11 bits per heavy atom. The minimum Gasteiger partial charge on any atom is -0.481 e. The highest BCUT2D eigenvalue weighted by molar-refractivity contribution is 5.81. The lowest BCUT2D eigenvalue weighted by Crippen LogP contribution is -2.44. The standard InChI is InChI=1S/C11H17N3O4/c15-8-1-5-14(6-4-12-8)10(18)13-7-11(2-3-11)9(16)17/h1-7H2,(H,12,15)(H,13,18)(H,16,17). The van der Waals surface area contributed by atoms with Crippen LogP contribution in [0.3, 0.4) is 0 Å². The Morgan fingerprint density at radius 3 is 2.72 bits per heavy atom. The van der Waals surface area contributed by atoms with Gasteiger partial charge >= 0.3 is 12.0 Å². The summed E-state index contributed by atoms with van der Waals surface area (Å²) >= 11 is 0. The first-order chi connectivity index (χ1) is 8.53. The zero-order chi connectivity index (χ0) is 13.2. The summed E-state index contributed by atoms with van der Waals surface area (Å²) in [6.07, 6.45) is 1.52. The summed E-state index contributed by atoms with van der Waals surface area (Å²) in [4.78, 5) is 35.4. The van der Waals surface area contributed by atoms with Gasteiger partial charge in [-0.3, -0.25) is 9.59 Å². The molecule has 1 saturated carbocycles. The summed E-state index contributed by atoms with van der Waals surface area (Å²) in [6.45, 7) is 1.44. The van der Waals surface area contributed by atoms with Crippen LogP contribution in [0.4, 0.5) is 4.79 Å². The van der Waals surface area contributed by atoms with E-state index in [2.05, 4.69) is 10.6 Å². The maximum atomic E-state index is 11.8. The third-order valence-electron chi connectivity index (χ3n) is 3.49. The molecule has 0 aromatic carbocycles. The summed E-state index contributed by atoms with van der Waals surface area (Å²) in [6, 6.07) is -0.293. The Hall–Kier alpha value is -1.79. The second-order valence-electron chi connectivity index (χ2n) is 4.83. The zero-order valence-electron chi connectivity index (χ0n) is 10.1. The Morgan fingerprint density at radius 1 is 1.39 bits per heavy atom. The molecule has 7 nitrogen and oxygen atoms in total. The quantitative estimate of drug-likeness (QED) is 0.626. The Balaban J connectivity index is 1.81. The smallest absolute Gasteiger partial charge is 0.317 e. The van der Waals surface area contributed by atoms with E-state index in [4.69, 9.17) is 5.11 Å². The fourth-order valence-electron chi connectivity index (χ4n) is 1.94. The average molecular weight is 255 g/mol. The zero-order valence-corrected chi connectivity index (χ0v) is 10.1. The van der Waals surface area contributed by atoms with E-state index in [0.29, 0.717) is 32.5 Å². The molecular formula is C11H17N3O4.